The van der Waals surface area contributed by atoms with Crippen molar-refractivity contribution in [1.82, 2.24) is 0 Å². The van der Waals surface area contributed by atoms with E-state index in [1.807, 2.05) is 6.07 Å². The molecule has 2 nitrogen and oxygen atoms in total. The first-order chi connectivity index (χ1) is 9.03. The lowest BCUT2D eigenvalue weighted by molar-refractivity contribution is -0.149. The quantitative estimate of drug-likeness (QED) is 0.801. The number of hydrogen-bond acceptors (Lipinski definition) is 1. The normalized spacial score (nSPS) is 18.8. The molecule has 0 amide bonds. The van der Waals surface area contributed by atoms with Crippen LogP contribution in [0.4, 0.5) is 0 Å². The van der Waals surface area contributed by atoms with E-state index in [2.05, 4.69) is 0 Å². The summed E-state index contributed by atoms with van der Waals surface area (Å²) in [6.45, 7) is 0. The van der Waals surface area contributed by atoms with E-state index in [0.717, 1.165) is 44.1 Å². The van der Waals surface area contributed by atoms with Gasteiger partial charge in [-0.25, -0.2) is 0 Å². The van der Waals surface area contributed by atoms with Gasteiger partial charge >= 0.3 is 5.97 Å². The molecule has 1 aromatic carbocycles. The van der Waals surface area contributed by atoms with E-state index in [9.17, 15) is 9.90 Å². The molecule has 0 spiro atoms. The van der Waals surface area contributed by atoms with Gasteiger partial charge in [0.15, 0.2) is 0 Å². The van der Waals surface area contributed by atoms with E-state index in [0.29, 0.717) is 16.5 Å². The van der Waals surface area contributed by atoms with Crippen LogP contribution in [0.3, 0.4) is 0 Å². The van der Waals surface area contributed by atoms with Crippen LogP contribution in [0, 0.1) is 5.41 Å². The first kappa shape index (κ1) is 14.7. The van der Waals surface area contributed by atoms with Gasteiger partial charge in [-0.3, -0.25) is 4.79 Å². The third-order valence-electron chi connectivity index (χ3n) is 4.04. The van der Waals surface area contributed by atoms with Crippen molar-refractivity contribution in [1.29, 1.82) is 0 Å². The topological polar surface area (TPSA) is 37.3 Å². The molecule has 4 heteroatoms. The third-order valence-corrected chi connectivity index (χ3v) is 4.78. The van der Waals surface area contributed by atoms with Crippen LogP contribution in [0.2, 0.25) is 10.0 Å². The van der Waals surface area contributed by atoms with Crippen molar-refractivity contribution in [2.45, 2.75) is 44.9 Å². The number of halogens is 2. The number of carboxylic acid groups (broad SMARTS) is 1. The van der Waals surface area contributed by atoms with Crippen LogP contribution in [0.15, 0.2) is 18.2 Å². The molecule has 0 aliphatic heterocycles. The van der Waals surface area contributed by atoms with E-state index in [4.69, 9.17) is 23.2 Å². The molecule has 2 rings (SSSR count). The highest BCUT2D eigenvalue weighted by molar-refractivity contribution is 6.42. The summed E-state index contributed by atoms with van der Waals surface area (Å²) in [6, 6.07) is 5.41. The van der Waals surface area contributed by atoms with Crippen molar-refractivity contribution in [3.63, 3.8) is 0 Å². The van der Waals surface area contributed by atoms with Crippen molar-refractivity contribution in [2.75, 3.05) is 0 Å². The van der Waals surface area contributed by atoms with Gasteiger partial charge in [0, 0.05) is 0 Å². The molecule has 104 valence electrons. The lowest BCUT2D eigenvalue weighted by Crippen LogP contribution is -2.32. The zero-order valence-electron chi connectivity index (χ0n) is 10.8. The standard InChI is InChI=1S/C15H18Cl2O2/c16-12-6-5-11(9-13(12)17)10-15(14(18)19)7-3-1-2-4-8-15/h5-6,9H,1-4,7-8,10H2,(H,18,19). The van der Waals surface area contributed by atoms with Crippen molar-refractivity contribution in [3.05, 3.63) is 33.8 Å². The number of carboxylic acids is 1. The van der Waals surface area contributed by atoms with Gasteiger partial charge in [0.2, 0.25) is 0 Å². The van der Waals surface area contributed by atoms with E-state index < -0.39 is 11.4 Å². The van der Waals surface area contributed by atoms with Crippen LogP contribution in [-0.2, 0) is 11.2 Å². The Bertz CT molecular complexity index is 463. The maximum absolute atomic E-state index is 11.7. The van der Waals surface area contributed by atoms with E-state index in [-0.39, 0.29) is 0 Å². The van der Waals surface area contributed by atoms with Gasteiger partial charge < -0.3 is 5.11 Å². The zero-order chi connectivity index (χ0) is 13.9. The second kappa shape index (κ2) is 6.15. The molecule has 1 aliphatic carbocycles. The number of aliphatic carboxylic acids is 1. The number of carbonyl (C=O) groups is 1. The van der Waals surface area contributed by atoms with Gasteiger partial charge in [-0.05, 0) is 37.0 Å². The monoisotopic (exact) mass is 300 g/mol. The summed E-state index contributed by atoms with van der Waals surface area (Å²) < 4.78 is 0. The molecular formula is C15H18Cl2O2. The van der Waals surface area contributed by atoms with Gasteiger partial charge in [0.25, 0.3) is 0 Å². The van der Waals surface area contributed by atoms with Gasteiger partial charge in [0.1, 0.15) is 0 Å². The summed E-state index contributed by atoms with van der Waals surface area (Å²) in [5, 5.41) is 10.6. The zero-order valence-corrected chi connectivity index (χ0v) is 12.3. The molecule has 0 atom stereocenters. The van der Waals surface area contributed by atoms with Crippen molar-refractivity contribution in [2.24, 2.45) is 5.41 Å². The summed E-state index contributed by atoms with van der Waals surface area (Å²) in [6.07, 6.45) is 6.30. The number of hydrogen-bond donors (Lipinski definition) is 1. The Labute approximate surface area is 123 Å². The minimum atomic E-state index is -0.680. The Hall–Kier alpha value is -0.730. The molecule has 1 aliphatic rings. The van der Waals surface area contributed by atoms with E-state index >= 15 is 0 Å². The SMILES string of the molecule is O=C(O)C1(Cc2ccc(Cl)c(Cl)c2)CCCCCC1. The predicted molar refractivity (Wildman–Crippen MR) is 77.9 cm³/mol. The summed E-state index contributed by atoms with van der Waals surface area (Å²) >= 11 is 11.9. The van der Waals surface area contributed by atoms with Gasteiger partial charge in [-0.15, -0.1) is 0 Å². The Morgan fingerprint density at radius 3 is 2.26 bits per heavy atom. The molecule has 1 fully saturated rings. The Morgan fingerprint density at radius 1 is 1.11 bits per heavy atom. The highest BCUT2D eigenvalue weighted by Crippen LogP contribution is 2.39. The lowest BCUT2D eigenvalue weighted by Gasteiger charge is -2.28. The highest BCUT2D eigenvalue weighted by Gasteiger charge is 2.38. The average molecular weight is 301 g/mol. The average Bonchev–Trinajstić information content (AvgIpc) is 2.60. The molecule has 1 aromatic rings. The van der Waals surface area contributed by atoms with Crippen LogP contribution < -0.4 is 0 Å². The van der Waals surface area contributed by atoms with Crippen LogP contribution in [0.1, 0.15) is 44.1 Å². The summed E-state index contributed by atoms with van der Waals surface area (Å²) in [5.74, 6) is -0.680. The Balaban J connectivity index is 2.24. The molecule has 1 N–H and O–H groups in total. The Morgan fingerprint density at radius 2 is 1.74 bits per heavy atom. The first-order valence-electron chi connectivity index (χ1n) is 6.71. The molecule has 0 unspecified atom stereocenters. The summed E-state index contributed by atoms with van der Waals surface area (Å²) in [5.41, 5.74) is 0.326. The Kier molecular flexibility index (Phi) is 4.75. The van der Waals surface area contributed by atoms with E-state index in [1.54, 1.807) is 12.1 Å². The number of rotatable bonds is 3. The molecular weight excluding hydrogens is 283 g/mol. The summed E-state index contributed by atoms with van der Waals surface area (Å²) in [4.78, 5) is 11.7. The van der Waals surface area contributed by atoms with Gasteiger partial charge in [-0.2, -0.15) is 0 Å². The molecule has 0 aromatic heterocycles. The van der Waals surface area contributed by atoms with Crippen LogP contribution in [0.5, 0.6) is 0 Å². The number of benzene rings is 1. The first-order valence-corrected chi connectivity index (χ1v) is 7.46. The molecule has 1 saturated carbocycles. The second-order valence-corrected chi connectivity index (χ2v) is 6.24. The van der Waals surface area contributed by atoms with Crippen molar-refractivity contribution >= 4 is 29.2 Å². The van der Waals surface area contributed by atoms with Gasteiger partial charge in [0.05, 0.1) is 15.5 Å². The summed E-state index contributed by atoms with van der Waals surface area (Å²) in [7, 11) is 0. The fraction of sp³-hybridized carbons (Fsp3) is 0.533. The maximum atomic E-state index is 11.7. The lowest BCUT2D eigenvalue weighted by atomic mass is 9.75. The third kappa shape index (κ3) is 3.43. The fourth-order valence-corrected chi connectivity index (χ4v) is 3.23. The minimum absolute atomic E-state index is 0.494. The largest absolute Gasteiger partial charge is 0.481 e. The van der Waals surface area contributed by atoms with Gasteiger partial charge in [-0.1, -0.05) is 55.0 Å². The fourth-order valence-electron chi connectivity index (χ4n) is 2.91. The van der Waals surface area contributed by atoms with Crippen molar-refractivity contribution in [3.8, 4) is 0 Å². The second-order valence-electron chi connectivity index (χ2n) is 5.42. The van der Waals surface area contributed by atoms with Crippen LogP contribution >= 0.6 is 23.2 Å². The van der Waals surface area contributed by atoms with E-state index in [1.165, 1.54) is 0 Å². The minimum Gasteiger partial charge on any atom is -0.481 e. The molecule has 0 heterocycles. The maximum Gasteiger partial charge on any atom is 0.309 e. The van der Waals surface area contributed by atoms with Crippen molar-refractivity contribution < 1.29 is 9.90 Å². The predicted octanol–water partition coefficient (Wildman–Crippen LogP) is 4.96. The smallest absolute Gasteiger partial charge is 0.309 e. The molecule has 0 saturated heterocycles. The highest BCUT2D eigenvalue weighted by atomic mass is 35.5. The van der Waals surface area contributed by atoms with Crippen LogP contribution in [0.25, 0.3) is 0 Å². The van der Waals surface area contributed by atoms with Crippen LogP contribution in [-0.4, -0.2) is 11.1 Å². The molecule has 0 bridgehead atoms. The molecule has 19 heavy (non-hydrogen) atoms. The molecule has 0 radical (unpaired) electrons.